The Bertz CT molecular complexity index is 764. The van der Waals surface area contributed by atoms with E-state index >= 15 is 0 Å². The third-order valence-electron chi connectivity index (χ3n) is 5.76. The molecular weight excluding hydrogens is 348 g/mol. The monoisotopic (exact) mass is 378 g/mol. The Morgan fingerprint density at radius 3 is 2.00 bits per heavy atom. The average Bonchev–Trinajstić information content (AvgIpc) is 2.77. The van der Waals surface area contributed by atoms with E-state index in [0.29, 0.717) is 13.1 Å². The largest absolute Gasteiger partial charge is 0.341 e. The summed E-state index contributed by atoms with van der Waals surface area (Å²) >= 11 is 0. The Morgan fingerprint density at radius 2 is 1.46 bits per heavy atom. The molecular formula is C24H30N2O2. The molecule has 0 aromatic heterocycles. The van der Waals surface area contributed by atoms with Crippen LogP contribution < -0.4 is 0 Å². The molecule has 1 atom stereocenters. The minimum atomic E-state index is -0.252. The van der Waals surface area contributed by atoms with E-state index in [0.717, 1.165) is 37.1 Å². The molecule has 28 heavy (non-hydrogen) atoms. The van der Waals surface area contributed by atoms with Gasteiger partial charge in [-0.15, -0.1) is 0 Å². The fraction of sp³-hybridized carbons (Fsp3) is 0.417. The molecule has 0 aliphatic carbocycles. The molecule has 1 fully saturated rings. The smallest absolute Gasteiger partial charge is 0.244 e. The van der Waals surface area contributed by atoms with Crippen molar-refractivity contribution < 1.29 is 9.59 Å². The van der Waals surface area contributed by atoms with Crippen molar-refractivity contribution in [3.63, 3.8) is 0 Å². The second-order valence-electron chi connectivity index (χ2n) is 7.36. The first-order valence-corrected chi connectivity index (χ1v) is 10.3. The van der Waals surface area contributed by atoms with Crippen molar-refractivity contribution in [1.29, 1.82) is 0 Å². The first kappa shape index (κ1) is 20.3. The SMILES string of the molecule is CCN(CC)C(C(=O)N1CCC(C(=O)c2ccccc2)CC1)c1ccccc1. The predicted molar refractivity (Wildman–Crippen MR) is 112 cm³/mol. The zero-order valence-corrected chi connectivity index (χ0v) is 16.9. The maximum absolute atomic E-state index is 13.4. The van der Waals surface area contributed by atoms with Crippen LogP contribution in [-0.2, 0) is 4.79 Å². The van der Waals surface area contributed by atoms with Crippen molar-refractivity contribution in [2.24, 2.45) is 5.92 Å². The molecule has 0 spiro atoms. The second-order valence-corrected chi connectivity index (χ2v) is 7.36. The summed E-state index contributed by atoms with van der Waals surface area (Å²) in [5.41, 5.74) is 1.82. The zero-order valence-electron chi connectivity index (χ0n) is 16.9. The van der Waals surface area contributed by atoms with Gasteiger partial charge in [0.15, 0.2) is 5.78 Å². The molecule has 1 amide bonds. The van der Waals surface area contributed by atoms with Crippen molar-refractivity contribution in [3.05, 3.63) is 71.8 Å². The van der Waals surface area contributed by atoms with E-state index in [4.69, 9.17) is 0 Å². The fourth-order valence-corrected chi connectivity index (χ4v) is 4.11. The number of hydrogen-bond donors (Lipinski definition) is 0. The van der Waals surface area contributed by atoms with Gasteiger partial charge >= 0.3 is 0 Å². The van der Waals surface area contributed by atoms with E-state index in [1.807, 2.05) is 65.6 Å². The molecule has 0 N–H and O–H groups in total. The van der Waals surface area contributed by atoms with E-state index in [2.05, 4.69) is 18.7 Å². The van der Waals surface area contributed by atoms with E-state index in [9.17, 15) is 9.59 Å². The lowest BCUT2D eigenvalue weighted by Crippen LogP contribution is -2.47. The molecule has 4 heteroatoms. The molecule has 1 unspecified atom stereocenters. The van der Waals surface area contributed by atoms with Crippen LogP contribution in [0.15, 0.2) is 60.7 Å². The summed E-state index contributed by atoms with van der Waals surface area (Å²) in [5, 5.41) is 0. The Kier molecular flexibility index (Phi) is 6.99. The van der Waals surface area contributed by atoms with Crippen LogP contribution in [0.3, 0.4) is 0 Å². The van der Waals surface area contributed by atoms with Gasteiger partial charge in [-0.25, -0.2) is 0 Å². The lowest BCUT2D eigenvalue weighted by atomic mass is 9.88. The summed E-state index contributed by atoms with van der Waals surface area (Å²) in [7, 11) is 0. The van der Waals surface area contributed by atoms with Gasteiger partial charge in [-0.05, 0) is 31.5 Å². The highest BCUT2D eigenvalue weighted by molar-refractivity contribution is 5.98. The maximum Gasteiger partial charge on any atom is 0.244 e. The molecule has 2 aromatic carbocycles. The average molecular weight is 379 g/mol. The van der Waals surface area contributed by atoms with Crippen LogP contribution in [0.4, 0.5) is 0 Å². The van der Waals surface area contributed by atoms with Crippen LogP contribution in [0.2, 0.25) is 0 Å². The predicted octanol–water partition coefficient (Wildman–Crippen LogP) is 4.19. The van der Waals surface area contributed by atoms with Gasteiger partial charge in [0, 0.05) is 24.6 Å². The van der Waals surface area contributed by atoms with Gasteiger partial charge in [0.05, 0.1) is 0 Å². The van der Waals surface area contributed by atoms with E-state index in [1.165, 1.54) is 0 Å². The highest BCUT2D eigenvalue weighted by atomic mass is 16.2. The molecule has 0 bridgehead atoms. The lowest BCUT2D eigenvalue weighted by molar-refractivity contribution is -0.138. The number of carbonyl (C=O) groups excluding carboxylic acids is 2. The van der Waals surface area contributed by atoms with Crippen LogP contribution in [0.25, 0.3) is 0 Å². The molecule has 1 saturated heterocycles. The number of amides is 1. The van der Waals surface area contributed by atoms with Crippen molar-refractivity contribution >= 4 is 11.7 Å². The number of rotatable bonds is 7. The third kappa shape index (κ3) is 4.50. The molecule has 4 nitrogen and oxygen atoms in total. The first-order chi connectivity index (χ1) is 13.7. The van der Waals surface area contributed by atoms with E-state index in [-0.39, 0.29) is 23.7 Å². The number of likely N-dealkylation sites (N-methyl/N-ethyl adjacent to an activating group) is 1. The number of nitrogens with zero attached hydrogens (tertiary/aromatic N) is 2. The highest BCUT2D eigenvalue weighted by Gasteiger charge is 2.33. The molecule has 1 aliphatic heterocycles. The highest BCUT2D eigenvalue weighted by Crippen LogP contribution is 2.27. The summed E-state index contributed by atoms with van der Waals surface area (Å²) in [6, 6.07) is 19.3. The van der Waals surface area contributed by atoms with Gasteiger partial charge in [0.1, 0.15) is 6.04 Å². The zero-order chi connectivity index (χ0) is 19.9. The van der Waals surface area contributed by atoms with E-state index in [1.54, 1.807) is 0 Å². The standard InChI is InChI=1S/C24H30N2O2/c1-3-25(4-2)22(19-11-7-5-8-12-19)24(28)26-17-15-21(16-18-26)23(27)20-13-9-6-10-14-20/h5-14,21-22H,3-4,15-18H2,1-2H3. The summed E-state index contributed by atoms with van der Waals surface area (Å²) in [6.45, 7) is 7.13. The number of hydrogen-bond acceptors (Lipinski definition) is 3. The number of ketones is 1. The minimum absolute atomic E-state index is 0.00933. The van der Waals surface area contributed by atoms with Gasteiger partial charge in [0.2, 0.25) is 5.91 Å². The molecule has 0 saturated carbocycles. The van der Waals surface area contributed by atoms with Crippen LogP contribution >= 0.6 is 0 Å². The van der Waals surface area contributed by atoms with Crippen molar-refractivity contribution in [2.45, 2.75) is 32.7 Å². The summed E-state index contributed by atoms with van der Waals surface area (Å²) in [4.78, 5) is 30.3. The van der Waals surface area contributed by atoms with Crippen LogP contribution in [0.1, 0.15) is 48.7 Å². The topological polar surface area (TPSA) is 40.6 Å². The van der Waals surface area contributed by atoms with Crippen molar-refractivity contribution in [3.8, 4) is 0 Å². The number of Topliss-reactive ketones (excluding diaryl/α,β-unsaturated/α-hetero) is 1. The quantitative estimate of drug-likeness (QED) is 0.678. The van der Waals surface area contributed by atoms with Crippen LogP contribution in [0, 0.1) is 5.92 Å². The summed E-state index contributed by atoms with van der Waals surface area (Å²) in [5.74, 6) is 0.367. The van der Waals surface area contributed by atoms with Gasteiger partial charge in [0.25, 0.3) is 0 Å². The molecule has 0 radical (unpaired) electrons. The van der Waals surface area contributed by atoms with Crippen molar-refractivity contribution in [2.75, 3.05) is 26.2 Å². The number of benzene rings is 2. The first-order valence-electron chi connectivity index (χ1n) is 10.3. The third-order valence-corrected chi connectivity index (χ3v) is 5.76. The van der Waals surface area contributed by atoms with Gasteiger partial charge in [-0.3, -0.25) is 14.5 Å². The Balaban J connectivity index is 1.69. The normalized spacial score (nSPS) is 16.2. The van der Waals surface area contributed by atoms with Gasteiger partial charge in [-0.1, -0.05) is 74.5 Å². The molecule has 1 aliphatic rings. The summed E-state index contributed by atoms with van der Waals surface area (Å²) in [6.07, 6.45) is 1.47. The summed E-state index contributed by atoms with van der Waals surface area (Å²) < 4.78 is 0. The molecule has 148 valence electrons. The maximum atomic E-state index is 13.4. The van der Waals surface area contributed by atoms with Gasteiger partial charge in [-0.2, -0.15) is 0 Å². The second kappa shape index (κ2) is 9.65. The number of likely N-dealkylation sites (tertiary alicyclic amines) is 1. The molecule has 2 aromatic rings. The Labute approximate surface area is 168 Å². The molecule has 3 rings (SSSR count). The van der Waals surface area contributed by atoms with Crippen LogP contribution in [0.5, 0.6) is 0 Å². The van der Waals surface area contributed by atoms with Crippen molar-refractivity contribution in [1.82, 2.24) is 9.80 Å². The Hall–Kier alpha value is -2.46. The van der Waals surface area contributed by atoms with E-state index < -0.39 is 0 Å². The number of carbonyl (C=O) groups is 2. The van der Waals surface area contributed by atoms with Gasteiger partial charge < -0.3 is 4.90 Å². The fourth-order valence-electron chi connectivity index (χ4n) is 4.11. The van der Waals surface area contributed by atoms with Crippen LogP contribution in [-0.4, -0.2) is 47.7 Å². The minimum Gasteiger partial charge on any atom is -0.341 e. The number of piperidine rings is 1. The lowest BCUT2D eigenvalue weighted by Gasteiger charge is -2.37. The molecule has 1 heterocycles. The Morgan fingerprint density at radius 1 is 0.929 bits per heavy atom.